The van der Waals surface area contributed by atoms with Crippen LogP contribution in [0.1, 0.15) is 0 Å². The fourth-order valence-electron chi connectivity index (χ4n) is 4.58. The summed E-state index contributed by atoms with van der Waals surface area (Å²) >= 11 is 0. The lowest BCUT2D eigenvalue weighted by Crippen LogP contribution is -2.06. The molecule has 2 nitrogen and oxygen atoms in total. The van der Waals surface area contributed by atoms with Crippen LogP contribution in [0.4, 0.5) is 61.5 Å². The zero-order valence-electron chi connectivity index (χ0n) is 23.5. The maximum atomic E-state index is 14.6. The first-order valence-corrected chi connectivity index (χ1v) is 15.3. The lowest BCUT2D eigenvalue weighted by atomic mass is 10.1. The number of benzene rings is 6. The molecule has 50 heavy (non-hydrogen) atoms. The van der Waals surface area contributed by atoms with Crippen LogP contribution in [0.3, 0.4) is 0 Å². The molecule has 0 aliphatic carbocycles. The Hall–Kier alpha value is -4.84. The van der Waals surface area contributed by atoms with E-state index in [4.69, 9.17) is 9.47 Å². The van der Waals surface area contributed by atoms with Gasteiger partial charge in [-0.05, 0) is 48.5 Å². The molecule has 0 aliphatic rings. The third-order valence-electron chi connectivity index (χ3n) is 6.92. The number of hydrogen-bond donors (Lipinski definition) is 0. The van der Waals surface area contributed by atoms with E-state index in [1.165, 1.54) is 24.3 Å². The summed E-state index contributed by atoms with van der Waals surface area (Å²) in [5, 5.41) is -6.50. The summed E-state index contributed by atoms with van der Waals surface area (Å²) in [7, 11) is 2.09. The highest BCUT2D eigenvalue weighted by molar-refractivity contribution is 8.76. The second kappa shape index (κ2) is 13.1. The van der Waals surface area contributed by atoms with E-state index in [9.17, 15) is 61.5 Å². The quantitative estimate of drug-likeness (QED) is 0.0699. The highest BCUT2D eigenvalue weighted by Gasteiger charge is 2.33. The Morgan fingerprint density at radius 3 is 0.800 bits per heavy atom. The fraction of sp³-hybridized carbons (Fsp3) is 0. The molecule has 6 aromatic carbocycles. The van der Waals surface area contributed by atoms with Crippen molar-refractivity contribution >= 4 is 43.1 Å². The average molecular weight is 755 g/mol. The van der Waals surface area contributed by atoms with E-state index in [0.29, 0.717) is 9.79 Å². The molecule has 0 aromatic heterocycles. The molecule has 0 saturated heterocycles. The minimum Gasteiger partial charge on any atom is -0.453 e. The van der Waals surface area contributed by atoms with Crippen LogP contribution < -0.4 is 9.47 Å². The molecule has 0 unspecified atom stereocenters. The summed E-state index contributed by atoms with van der Waals surface area (Å²) in [6.07, 6.45) is 0. The van der Waals surface area contributed by atoms with Crippen LogP contribution in [0.5, 0.6) is 23.0 Å². The molecular weight excluding hydrogens is 746 g/mol. The third-order valence-corrected chi connectivity index (χ3v) is 9.34. The molecule has 0 radical (unpaired) electrons. The van der Waals surface area contributed by atoms with E-state index in [1.807, 2.05) is 0 Å². The standard InChI is InChI=1S/C32H8F14O2S2/c33-17-13-15(21(37)25(41)23(17)39)31(29(45)27(43)19(13)35)47-9-1-5-11(6-2-9)49-50-12-7-3-10(4-8-12)48-32-16-14(20(36)28(44)30(32)46)18(34)24(40)26(42)22(16)38/h1-8H. The van der Waals surface area contributed by atoms with E-state index >= 15 is 0 Å². The van der Waals surface area contributed by atoms with Gasteiger partial charge in [0.05, 0.1) is 21.5 Å². The first-order valence-electron chi connectivity index (χ1n) is 13.2. The number of hydrogen-bond acceptors (Lipinski definition) is 4. The normalized spacial score (nSPS) is 11.6. The van der Waals surface area contributed by atoms with Crippen molar-refractivity contribution in [2.24, 2.45) is 0 Å². The molecule has 0 amide bonds. The van der Waals surface area contributed by atoms with Crippen LogP contribution in [-0.2, 0) is 0 Å². The van der Waals surface area contributed by atoms with E-state index in [1.54, 1.807) is 0 Å². The van der Waals surface area contributed by atoms with Crippen molar-refractivity contribution in [1.82, 2.24) is 0 Å². The van der Waals surface area contributed by atoms with Crippen LogP contribution in [0.15, 0.2) is 58.3 Å². The van der Waals surface area contributed by atoms with Gasteiger partial charge in [-0.2, -0.15) is 8.78 Å². The Morgan fingerprint density at radius 2 is 0.520 bits per heavy atom. The van der Waals surface area contributed by atoms with Gasteiger partial charge in [-0.15, -0.1) is 0 Å². The van der Waals surface area contributed by atoms with Crippen molar-refractivity contribution in [2.45, 2.75) is 9.79 Å². The molecule has 0 saturated carbocycles. The molecule has 0 aliphatic heterocycles. The lowest BCUT2D eigenvalue weighted by molar-refractivity contribution is 0.387. The second-order valence-corrected chi connectivity index (χ2v) is 12.1. The summed E-state index contributed by atoms with van der Waals surface area (Å²) in [5.41, 5.74) is 0. The van der Waals surface area contributed by atoms with Crippen molar-refractivity contribution in [3.8, 4) is 23.0 Å². The molecule has 0 bridgehead atoms. The van der Waals surface area contributed by atoms with Crippen molar-refractivity contribution < 1.29 is 70.9 Å². The molecule has 0 heterocycles. The van der Waals surface area contributed by atoms with Crippen molar-refractivity contribution in [3.05, 3.63) is 130 Å². The smallest absolute Gasteiger partial charge is 0.205 e. The summed E-state index contributed by atoms with van der Waals surface area (Å²) < 4.78 is 209. The summed E-state index contributed by atoms with van der Waals surface area (Å²) in [6, 6.07) is 9.80. The third kappa shape index (κ3) is 5.69. The van der Waals surface area contributed by atoms with Gasteiger partial charge in [0, 0.05) is 9.79 Å². The maximum absolute atomic E-state index is 14.6. The fourth-order valence-corrected chi connectivity index (χ4v) is 6.51. The topological polar surface area (TPSA) is 18.5 Å². The van der Waals surface area contributed by atoms with Gasteiger partial charge in [0.2, 0.25) is 11.6 Å². The van der Waals surface area contributed by atoms with Crippen LogP contribution >= 0.6 is 21.6 Å². The van der Waals surface area contributed by atoms with E-state index in [2.05, 4.69) is 0 Å². The SMILES string of the molecule is Fc1c(F)c(F)c2c(Oc3ccc(SSc4ccc(Oc5c(F)c(F)c(F)c6c(F)c(F)c(F)c(F)c56)cc4)cc3)c(F)c(F)c(F)c2c1F. The van der Waals surface area contributed by atoms with E-state index < -0.39 is 114 Å². The summed E-state index contributed by atoms with van der Waals surface area (Å²) in [4.78, 5) is 0.872. The van der Waals surface area contributed by atoms with Crippen molar-refractivity contribution in [3.63, 3.8) is 0 Å². The van der Waals surface area contributed by atoms with Gasteiger partial charge in [-0.3, -0.25) is 0 Å². The van der Waals surface area contributed by atoms with Gasteiger partial charge < -0.3 is 9.47 Å². The highest BCUT2D eigenvalue weighted by atomic mass is 33.1. The Bertz CT molecular complexity index is 2190. The van der Waals surface area contributed by atoms with Crippen LogP contribution in [0.2, 0.25) is 0 Å². The van der Waals surface area contributed by atoms with Gasteiger partial charge in [-0.1, -0.05) is 21.6 Å². The van der Waals surface area contributed by atoms with Gasteiger partial charge in [-0.25, -0.2) is 52.7 Å². The number of fused-ring (bicyclic) bond motifs is 2. The maximum Gasteiger partial charge on any atom is 0.205 e. The Balaban J connectivity index is 1.20. The van der Waals surface area contributed by atoms with E-state index in [-0.39, 0.29) is 11.5 Å². The molecule has 6 aromatic rings. The minimum absolute atomic E-state index is 0.354. The zero-order valence-corrected chi connectivity index (χ0v) is 25.2. The predicted octanol–water partition coefficient (Wildman–Crippen LogP) is 12.3. The molecule has 258 valence electrons. The van der Waals surface area contributed by atoms with Crippen molar-refractivity contribution in [2.75, 3.05) is 0 Å². The first kappa shape index (κ1) is 35.0. The van der Waals surface area contributed by atoms with Gasteiger partial charge in [0.25, 0.3) is 0 Å². The molecular formula is C32H8F14O2S2. The zero-order chi connectivity index (χ0) is 36.3. The summed E-state index contributed by atoms with van der Waals surface area (Å²) in [5.74, 6) is -36.1. The van der Waals surface area contributed by atoms with Gasteiger partial charge in [0.15, 0.2) is 81.3 Å². The Morgan fingerprint density at radius 1 is 0.280 bits per heavy atom. The monoisotopic (exact) mass is 754 g/mol. The van der Waals surface area contributed by atoms with Crippen LogP contribution in [0.25, 0.3) is 21.5 Å². The summed E-state index contributed by atoms with van der Waals surface area (Å²) in [6.45, 7) is 0. The molecule has 0 fully saturated rings. The van der Waals surface area contributed by atoms with Crippen LogP contribution in [0, 0.1) is 81.4 Å². The first-order chi connectivity index (χ1) is 23.6. The minimum atomic E-state index is -2.46. The predicted molar refractivity (Wildman–Crippen MR) is 152 cm³/mol. The molecule has 6 rings (SSSR count). The Labute approximate surface area is 276 Å². The largest absolute Gasteiger partial charge is 0.453 e. The van der Waals surface area contributed by atoms with Crippen molar-refractivity contribution in [1.29, 1.82) is 0 Å². The molecule has 0 spiro atoms. The molecule has 0 N–H and O–H groups in total. The van der Waals surface area contributed by atoms with Gasteiger partial charge >= 0.3 is 0 Å². The van der Waals surface area contributed by atoms with Crippen LogP contribution in [-0.4, -0.2) is 0 Å². The molecule has 0 atom stereocenters. The number of halogens is 14. The Kier molecular flexibility index (Phi) is 9.19. The number of rotatable bonds is 7. The second-order valence-electron chi connectivity index (χ2n) is 9.87. The highest BCUT2D eigenvalue weighted by Crippen LogP contribution is 2.44. The molecule has 18 heteroatoms. The number of ether oxygens (including phenoxy) is 2. The van der Waals surface area contributed by atoms with E-state index in [0.717, 1.165) is 45.9 Å². The average Bonchev–Trinajstić information content (AvgIpc) is 3.11. The van der Waals surface area contributed by atoms with Gasteiger partial charge in [0.1, 0.15) is 11.5 Å². The lowest BCUT2D eigenvalue weighted by Gasteiger charge is -2.14.